The molecular weight excluding hydrogens is 350 g/mol. The SMILES string of the molecule is CCN1CCC(OC(=O)C(OC)(c2ccccc2)c2ccccc2)C1.Cl. The van der Waals surface area contributed by atoms with Gasteiger partial charge in [0.2, 0.25) is 5.60 Å². The first-order chi connectivity index (χ1) is 12.2. The van der Waals surface area contributed by atoms with Crippen molar-refractivity contribution < 1.29 is 14.3 Å². The van der Waals surface area contributed by atoms with E-state index in [0.717, 1.165) is 37.2 Å². The Balaban J connectivity index is 0.00000243. The Morgan fingerprint density at radius 1 is 1.08 bits per heavy atom. The van der Waals surface area contributed by atoms with Crippen LogP contribution < -0.4 is 0 Å². The minimum absolute atomic E-state index is 0. The number of rotatable bonds is 6. The molecule has 4 nitrogen and oxygen atoms in total. The molecule has 5 heteroatoms. The van der Waals surface area contributed by atoms with E-state index < -0.39 is 5.60 Å². The zero-order chi connectivity index (χ0) is 17.7. The normalized spacial score (nSPS) is 17.5. The van der Waals surface area contributed by atoms with Gasteiger partial charge in [0.1, 0.15) is 6.10 Å². The van der Waals surface area contributed by atoms with Gasteiger partial charge >= 0.3 is 5.97 Å². The molecule has 3 rings (SSSR count). The van der Waals surface area contributed by atoms with Gasteiger partial charge in [-0.3, -0.25) is 4.90 Å². The zero-order valence-corrected chi connectivity index (χ0v) is 16.1. The summed E-state index contributed by atoms with van der Waals surface area (Å²) in [6.45, 7) is 4.84. The lowest BCUT2D eigenvalue weighted by Crippen LogP contribution is -2.42. The third-order valence-corrected chi connectivity index (χ3v) is 4.90. The maximum atomic E-state index is 13.3. The average molecular weight is 376 g/mol. The molecule has 0 spiro atoms. The summed E-state index contributed by atoms with van der Waals surface area (Å²) in [6.07, 6.45) is 0.776. The van der Waals surface area contributed by atoms with E-state index in [1.807, 2.05) is 60.7 Å². The van der Waals surface area contributed by atoms with Crippen LogP contribution in [0.2, 0.25) is 0 Å². The van der Waals surface area contributed by atoms with Gasteiger partial charge < -0.3 is 9.47 Å². The van der Waals surface area contributed by atoms with E-state index in [1.54, 1.807) is 7.11 Å². The van der Waals surface area contributed by atoms with Crippen LogP contribution in [0.3, 0.4) is 0 Å². The summed E-state index contributed by atoms with van der Waals surface area (Å²) in [4.78, 5) is 15.6. The molecule has 1 aliphatic rings. The monoisotopic (exact) mass is 375 g/mol. The minimum Gasteiger partial charge on any atom is -0.458 e. The van der Waals surface area contributed by atoms with Crippen molar-refractivity contribution in [2.45, 2.75) is 25.0 Å². The molecule has 0 bridgehead atoms. The fourth-order valence-corrected chi connectivity index (χ4v) is 3.48. The topological polar surface area (TPSA) is 38.8 Å². The molecule has 1 fully saturated rings. The molecule has 0 radical (unpaired) electrons. The Morgan fingerprint density at radius 3 is 2.04 bits per heavy atom. The Labute approximate surface area is 161 Å². The minimum atomic E-state index is -1.25. The molecule has 0 amide bonds. The van der Waals surface area contributed by atoms with Crippen LogP contribution in [0.1, 0.15) is 24.5 Å². The fraction of sp³-hybridized carbons (Fsp3) is 0.381. The van der Waals surface area contributed by atoms with E-state index in [4.69, 9.17) is 9.47 Å². The smallest absolute Gasteiger partial charge is 0.348 e. The average Bonchev–Trinajstić information content (AvgIpc) is 3.12. The summed E-state index contributed by atoms with van der Waals surface area (Å²) in [7, 11) is 1.56. The van der Waals surface area contributed by atoms with Crippen LogP contribution in [-0.2, 0) is 19.9 Å². The van der Waals surface area contributed by atoms with Gasteiger partial charge in [-0.1, -0.05) is 67.6 Å². The number of nitrogens with zero attached hydrogens (tertiary/aromatic N) is 1. The van der Waals surface area contributed by atoms with E-state index in [-0.39, 0.29) is 24.5 Å². The van der Waals surface area contributed by atoms with Crippen molar-refractivity contribution in [1.29, 1.82) is 0 Å². The lowest BCUT2D eigenvalue weighted by Gasteiger charge is -2.32. The Hall–Kier alpha value is -1.88. The van der Waals surface area contributed by atoms with E-state index in [1.165, 1.54) is 0 Å². The standard InChI is InChI=1S/C21H25NO3.ClH/c1-3-22-15-14-19(16-22)25-20(23)21(24-2,17-10-6-4-7-11-17)18-12-8-5-9-13-18;/h4-13,19H,3,14-16H2,1-2H3;1H. The Kier molecular flexibility index (Phi) is 7.21. The molecule has 0 saturated carbocycles. The van der Waals surface area contributed by atoms with Crippen molar-refractivity contribution in [2.24, 2.45) is 0 Å². The first-order valence-corrected chi connectivity index (χ1v) is 8.80. The highest BCUT2D eigenvalue weighted by molar-refractivity contribution is 5.86. The van der Waals surface area contributed by atoms with Crippen molar-refractivity contribution in [3.63, 3.8) is 0 Å². The zero-order valence-electron chi connectivity index (χ0n) is 15.3. The van der Waals surface area contributed by atoms with Crippen molar-refractivity contribution in [3.8, 4) is 0 Å². The molecule has 2 aromatic rings. The molecule has 0 aliphatic carbocycles. The van der Waals surface area contributed by atoms with Gasteiger partial charge in [-0.2, -0.15) is 0 Å². The van der Waals surface area contributed by atoms with Crippen LogP contribution in [0.4, 0.5) is 0 Å². The molecule has 1 aliphatic heterocycles. The van der Waals surface area contributed by atoms with Gasteiger partial charge in [-0.05, 0) is 24.1 Å². The number of halogens is 1. The van der Waals surface area contributed by atoms with E-state index in [2.05, 4.69) is 11.8 Å². The number of carbonyl (C=O) groups is 1. The van der Waals surface area contributed by atoms with Gasteiger partial charge in [0.15, 0.2) is 0 Å². The number of methoxy groups -OCH3 is 1. The van der Waals surface area contributed by atoms with E-state index in [0.29, 0.717) is 0 Å². The highest BCUT2D eigenvalue weighted by Crippen LogP contribution is 2.35. The number of hydrogen-bond donors (Lipinski definition) is 0. The Bertz CT molecular complexity index is 653. The maximum Gasteiger partial charge on any atom is 0.348 e. The van der Waals surface area contributed by atoms with Gasteiger partial charge in [-0.25, -0.2) is 4.79 Å². The lowest BCUT2D eigenvalue weighted by atomic mass is 9.86. The van der Waals surface area contributed by atoms with Crippen LogP contribution >= 0.6 is 12.4 Å². The molecular formula is C21H26ClNO3. The summed E-state index contributed by atoms with van der Waals surface area (Å²) in [5.74, 6) is -0.352. The number of benzene rings is 2. The van der Waals surface area contributed by atoms with E-state index >= 15 is 0 Å². The maximum absolute atomic E-state index is 13.3. The molecule has 1 saturated heterocycles. The van der Waals surface area contributed by atoms with Crippen LogP contribution in [0.5, 0.6) is 0 Å². The molecule has 0 N–H and O–H groups in total. The van der Waals surface area contributed by atoms with Gasteiger partial charge in [0.05, 0.1) is 0 Å². The van der Waals surface area contributed by atoms with Crippen LogP contribution in [-0.4, -0.2) is 43.7 Å². The quantitative estimate of drug-likeness (QED) is 0.722. The highest BCUT2D eigenvalue weighted by Gasteiger charge is 2.45. The number of likely N-dealkylation sites (tertiary alicyclic amines) is 1. The lowest BCUT2D eigenvalue weighted by molar-refractivity contribution is -0.170. The highest BCUT2D eigenvalue weighted by atomic mass is 35.5. The summed E-state index contributed by atoms with van der Waals surface area (Å²) in [5.41, 5.74) is 0.306. The summed E-state index contributed by atoms with van der Waals surface area (Å²) >= 11 is 0. The number of carbonyl (C=O) groups excluding carboxylic acids is 1. The summed E-state index contributed by atoms with van der Waals surface area (Å²) in [5, 5.41) is 0. The molecule has 140 valence electrons. The first-order valence-electron chi connectivity index (χ1n) is 8.80. The number of likely N-dealkylation sites (N-methyl/N-ethyl adjacent to an activating group) is 1. The summed E-state index contributed by atoms with van der Waals surface area (Å²) < 4.78 is 11.8. The first kappa shape index (κ1) is 20.4. The molecule has 1 unspecified atom stereocenters. The second-order valence-corrected chi connectivity index (χ2v) is 6.33. The molecule has 26 heavy (non-hydrogen) atoms. The third-order valence-electron chi connectivity index (χ3n) is 4.90. The predicted octanol–water partition coefficient (Wildman–Crippen LogP) is 3.64. The largest absolute Gasteiger partial charge is 0.458 e. The third kappa shape index (κ3) is 3.93. The van der Waals surface area contributed by atoms with Crippen molar-refractivity contribution in [3.05, 3.63) is 71.8 Å². The van der Waals surface area contributed by atoms with Gasteiger partial charge in [0.25, 0.3) is 0 Å². The van der Waals surface area contributed by atoms with Gasteiger partial charge in [-0.15, -0.1) is 12.4 Å². The number of ether oxygens (including phenoxy) is 2. The fourth-order valence-electron chi connectivity index (χ4n) is 3.48. The Morgan fingerprint density at radius 2 is 1.62 bits per heavy atom. The van der Waals surface area contributed by atoms with Crippen molar-refractivity contribution >= 4 is 18.4 Å². The number of esters is 1. The summed E-state index contributed by atoms with van der Waals surface area (Å²) in [6, 6.07) is 19.1. The second-order valence-electron chi connectivity index (χ2n) is 6.33. The molecule has 1 heterocycles. The van der Waals surface area contributed by atoms with Crippen LogP contribution in [0, 0.1) is 0 Å². The van der Waals surface area contributed by atoms with Gasteiger partial charge in [0, 0.05) is 20.2 Å². The van der Waals surface area contributed by atoms with Crippen LogP contribution in [0.25, 0.3) is 0 Å². The van der Waals surface area contributed by atoms with Crippen LogP contribution in [0.15, 0.2) is 60.7 Å². The van der Waals surface area contributed by atoms with Crippen molar-refractivity contribution in [1.82, 2.24) is 4.90 Å². The van der Waals surface area contributed by atoms with E-state index in [9.17, 15) is 4.79 Å². The molecule has 0 aromatic heterocycles. The predicted molar refractivity (Wildman–Crippen MR) is 105 cm³/mol. The molecule has 2 aromatic carbocycles. The molecule has 1 atom stereocenters. The number of hydrogen-bond acceptors (Lipinski definition) is 4. The second kappa shape index (κ2) is 9.17. The van der Waals surface area contributed by atoms with Crippen molar-refractivity contribution in [2.75, 3.05) is 26.7 Å².